The molecule has 0 aliphatic carbocycles. The third kappa shape index (κ3) is 3.00. The van der Waals surface area contributed by atoms with Gasteiger partial charge in [-0.25, -0.2) is 13.8 Å². The summed E-state index contributed by atoms with van der Waals surface area (Å²) in [4.78, 5) is 30.9. The van der Waals surface area contributed by atoms with Crippen LogP contribution in [0.5, 0.6) is 5.75 Å². The van der Waals surface area contributed by atoms with Crippen LogP contribution in [0.3, 0.4) is 0 Å². The number of rotatable bonds is 4. The van der Waals surface area contributed by atoms with E-state index in [1.165, 1.54) is 24.5 Å². The number of benzene rings is 2. The van der Waals surface area contributed by atoms with Crippen LogP contribution in [0.1, 0.15) is 26.3 Å². The number of fused-ring (bicyclic) bond motifs is 1. The second-order valence-electron chi connectivity index (χ2n) is 6.37. The molecule has 6 nitrogen and oxygen atoms in total. The first kappa shape index (κ1) is 18.3. The van der Waals surface area contributed by atoms with Gasteiger partial charge in [0.2, 0.25) is 5.78 Å². The van der Waals surface area contributed by atoms with Gasteiger partial charge in [0.15, 0.2) is 12.1 Å². The van der Waals surface area contributed by atoms with Gasteiger partial charge >= 0.3 is 0 Å². The van der Waals surface area contributed by atoms with Crippen molar-refractivity contribution in [3.8, 4) is 16.9 Å². The molecule has 0 saturated heterocycles. The molecule has 0 bridgehead atoms. The molecule has 0 unspecified atom stereocenters. The van der Waals surface area contributed by atoms with E-state index >= 15 is 0 Å². The second-order valence-corrected chi connectivity index (χ2v) is 6.37. The Morgan fingerprint density at radius 1 is 1.14 bits per heavy atom. The van der Waals surface area contributed by atoms with Gasteiger partial charge in [-0.15, -0.1) is 0 Å². The molecule has 8 heteroatoms. The number of aldehydes is 1. The number of aromatic amines is 1. The Morgan fingerprint density at radius 3 is 2.69 bits per heavy atom. The van der Waals surface area contributed by atoms with E-state index in [4.69, 9.17) is 5.73 Å². The lowest BCUT2D eigenvalue weighted by Crippen LogP contribution is -2.09. The highest BCUT2D eigenvalue weighted by Gasteiger charge is 2.24. The predicted molar refractivity (Wildman–Crippen MR) is 103 cm³/mol. The molecule has 2 aromatic carbocycles. The maximum Gasteiger partial charge on any atom is 0.201 e. The van der Waals surface area contributed by atoms with E-state index in [1.807, 2.05) is 0 Å². The molecule has 2 aromatic heterocycles. The first-order valence-corrected chi connectivity index (χ1v) is 8.44. The number of carbonyl (C=O) groups is 2. The number of nitrogens with two attached hydrogens (primary N) is 1. The van der Waals surface area contributed by atoms with E-state index in [0.29, 0.717) is 28.4 Å². The number of anilines is 1. The first-order chi connectivity index (χ1) is 13.9. The van der Waals surface area contributed by atoms with Crippen molar-refractivity contribution >= 4 is 28.8 Å². The average molecular weight is 393 g/mol. The van der Waals surface area contributed by atoms with Crippen LogP contribution < -0.4 is 5.73 Å². The van der Waals surface area contributed by atoms with Crippen molar-refractivity contribution in [2.45, 2.75) is 0 Å². The number of pyridine rings is 1. The van der Waals surface area contributed by atoms with E-state index in [0.717, 1.165) is 12.1 Å². The number of phenols is 1. The number of aromatic nitrogens is 2. The molecule has 4 rings (SSSR count). The largest absolute Gasteiger partial charge is 0.507 e. The zero-order valence-corrected chi connectivity index (χ0v) is 14.7. The van der Waals surface area contributed by atoms with Gasteiger partial charge in [0.25, 0.3) is 0 Å². The number of carbonyl (C=O) groups excluding carboxylic acids is 2. The normalized spacial score (nSPS) is 11.0. The Balaban J connectivity index is 1.86. The lowest BCUT2D eigenvalue weighted by atomic mass is 9.99. The molecule has 4 aromatic rings. The summed E-state index contributed by atoms with van der Waals surface area (Å²) in [6.45, 7) is 0. The van der Waals surface area contributed by atoms with Crippen LogP contribution in [0.4, 0.5) is 14.5 Å². The van der Waals surface area contributed by atoms with Crippen LogP contribution >= 0.6 is 0 Å². The van der Waals surface area contributed by atoms with Crippen molar-refractivity contribution in [3.63, 3.8) is 0 Å². The molecule has 144 valence electrons. The van der Waals surface area contributed by atoms with Crippen LogP contribution in [0, 0.1) is 11.6 Å². The molecule has 0 saturated carbocycles. The third-order valence-corrected chi connectivity index (χ3v) is 4.61. The number of nitrogens with zero attached hydrogens (tertiary/aromatic N) is 1. The van der Waals surface area contributed by atoms with Gasteiger partial charge in [-0.2, -0.15) is 0 Å². The molecule has 0 aliphatic heterocycles. The maximum absolute atomic E-state index is 14.3. The van der Waals surface area contributed by atoms with E-state index in [9.17, 15) is 23.5 Å². The summed E-state index contributed by atoms with van der Waals surface area (Å²) in [5.74, 6) is -3.18. The SMILES string of the molecule is Nc1ccc(F)c(C(=O)c2c[nH]c3ncc(-c4ccc(O)c(C=O)c4)cc23)c1F. The van der Waals surface area contributed by atoms with E-state index in [2.05, 4.69) is 9.97 Å². The fraction of sp³-hybridized carbons (Fsp3) is 0. The van der Waals surface area contributed by atoms with Crippen LogP contribution in [-0.2, 0) is 0 Å². The highest BCUT2D eigenvalue weighted by molar-refractivity contribution is 6.16. The summed E-state index contributed by atoms with van der Waals surface area (Å²) in [6, 6.07) is 8.00. The minimum Gasteiger partial charge on any atom is -0.507 e. The quantitative estimate of drug-likeness (QED) is 0.277. The van der Waals surface area contributed by atoms with Crippen LogP contribution in [0.15, 0.2) is 48.8 Å². The van der Waals surface area contributed by atoms with E-state index < -0.39 is 23.0 Å². The third-order valence-electron chi connectivity index (χ3n) is 4.61. The minimum absolute atomic E-state index is 0.0205. The monoisotopic (exact) mass is 393 g/mol. The van der Waals surface area contributed by atoms with E-state index in [-0.39, 0.29) is 22.6 Å². The zero-order chi connectivity index (χ0) is 20.7. The summed E-state index contributed by atoms with van der Waals surface area (Å²) in [6.07, 6.45) is 3.34. The van der Waals surface area contributed by atoms with E-state index in [1.54, 1.807) is 12.1 Å². The molecule has 0 radical (unpaired) electrons. The van der Waals surface area contributed by atoms with Gasteiger partial charge in [0.1, 0.15) is 17.2 Å². The molecule has 2 heterocycles. The number of aromatic hydroxyl groups is 1. The molecule has 4 N–H and O–H groups in total. The summed E-state index contributed by atoms with van der Waals surface area (Å²) in [5.41, 5.74) is 5.96. The van der Waals surface area contributed by atoms with Crippen molar-refractivity contribution < 1.29 is 23.5 Å². The number of halogens is 2. The van der Waals surface area contributed by atoms with Crippen molar-refractivity contribution in [2.24, 2.45) is 0 Å². The number of hydrogen-bond donors (Lipinski definition) is 3. The Morgan fingerprint density at radius 2 is 1.93 bits per heavy atom. The molecule has 0 amide bonds. The number of H-pyrrole nitrogens is 1. The fourth-order valence-electron chi connectivity index (χ4n) is 3.09. The Hall–Kier alpha value is -4.07. The topological polar surface area (TPSA) is 109 Å². The lowest BCUT2D eigenvalue weighted by Gasteiger charge is -2.07. The van der Waals surface area contributed by atoms with Crippen molar-refractivity contribution in [2.75, 3.05) is 5.73 Å². The highest BCUT2D eigenvalue weighted by atomic mass is 19.1. The molecule has 29 heavy (non-hydrogen) atoms. The Kier molecular flexibility index (Phi) is 4.31. The molecule has 0 atom stereocenters. The minimum atomic E-state index is -1.12. The standard InChI is InChI=1S/C21H13F2N3O3/c22-15-2-3-16(24)19(23)18(15)20(29)14-8-26-21-13(14)6-11(7-25-21)10-1-4-17(28)12(5-10)9-27/h1-9,28H,24H2,(H,25,26). The number of nitrogen functional groups attached to an aromatic ring is 1. The summed E-state index contributed by atoms with van der Waals surface area (Å²) in [5, 5.41) is 10.0. The lowest BCUT2D eigenvalue weighted by molar-refractivity contribution is 0.103. The van der Waals surface area contributed by atoms with Crippen molar-refractivity contribution in [3.05, 3.63) is 77.1 Å². The number of ketones is 1. The first-order valence-electron chi connectivity index (χ1n) is 8.44. The smallest absolute Gasteiger partial charge is 0.201 e. The molecule has 0 spiro atoms. The average Bonchev–Trinajstić information content (AvgIpc) is 3.14. The summed E-state index contributed by atoms with van der Waals surface area (Å²) >= 11 is 0. The summed E-state index contributed by atoms with van der Waals surface area (Å²) in [7, 11) is 0. The van der Waals surface area contributed by atoms with Gasteiger partial charge in [-0.1, -0.05) is 6.07 Å². The molecular formula is C21H13F2N3O3. The fourth-order valence-corrected chi connectivity index (χ4v) is 3.09. The zero-order valence-electron chi connectivity index (χ0n) is 14.7. The van der Waals surface area contributed by atoms with Gasteiger partial charge in [-0.05, 0) is 35.9 Å². The van der Waals surface area contributed by atoms with Crippen molar-refractivity contribution in [1.82, 2.24) is 9.97 Å². The van der Waals surface area contributed by atoms with Crippen LogP contribution in [0.2, 0.25) is 0 Å². The highest BCUT2D eigenvalue weighted by Crippen LogP contribution is 2.30. The Labute approximate surface area is 162 Å². The van der Waals surface area contributed by atoms with Crippen molar-refractivity contribution in [1.29, 1.82) is 0 Å². The van der Waals surface area contributed by atoms with Gasteiger partial charge in [-0.3, -0.25) is 9.59 Å². The van der Waals surface area contributed by atoms with Gasteiger partial charge < -0.3 is 15.8 Å². The van der Waals surface area contributed by atoms with Gasteiger partial charge in [0, 0.05) is 28.9 Å². The Bertz CT molecular complexity index is 1300. The molecular weight excluding hydrogens is 380 g/mol. The second kappa shape index (κ2) is 6.83. The number of nitrogens with one attached hydrogen (secondary N) is 1. The number of phenolic OH excluding ortho intramolecular Hbond substituents is 1. The maximum atomic E-state index is 14.3. The van der Waals surface area contributed by atoms with Crippen LogP contribution in [0.25, 0.3) is 22.2 Å². The molecule has 0 fully saturated rings. The van der Waals surface area contributed by atoms with Crippen LogP contribution in [-0.4, -0.2) is 27.1 Å². The molecule has 0 aliphatic rings. The van der Waals surface area contributed by atoms with Gasteiger partial charge in [0.05, 0.1) is 16.8 Å². The summed E-state index contributed by atoms with van der Waals surface area (Å²) < 4.78 is 28.4. The predicted octanol–water partition coefficient (Wildman–Crippen LogP) is 3.84. The number of hydrogen-bond acceptors (Lipinski definition) is 5.